The van der Waals surface area contributed by atoms with Crippen LogP contribution in [0, 0.1) is 57.7 Å². The van der Waals surface area contributed by atoms with E-state index in [2.05, 4.69) is 49.0 Å². The van der Waals surface area contributed by atoms with Crippen LogP contribution in [-0.2, 0) is 0 Å². The Morgan fingerprint density at radius 1 is 1.07 bits per heavy atom. The summed E-state index contributed by atoms with van der Waals surface area (Å²) in [6, 6.07) is 1.27. The lowest BCUT2D eigenvalue weighted by atomic mass is 9.30. The van der Waals surface area contributed by atoms with Crippen molar-refractivity contribution in [3.05, 3.63) is 12.2 Å². The maximum Gasteiger partial charge on any atom is 0.0693 e. The Balaban J connectivity index is 1.21. The Labute approximate surface area is 248 Å². The van der Waals surface area contributed by atoms with Crippen molar-refractivity contribution in [3.63, 3.8) is 0 Å². The molecule has 6 nitrogen and oxygen atoms in total. The third kappa shape index (κ3) is 4.09. The molecule has 6 aliphatic carbocycles. The first kappa shape index (κ1) is 29.2. The predicted molar refractivity (Wildman–Crippen MR) is 163 cm³/mol. The first-order chi connectivity index (χ1) is 19.6. The number of allylic oxidation sites excluding steroid dienone is 1. The van der Waals surface area contributed by atoms with E-state index in [-0.39, 0.29) is 46.8 Å². The van der Waals surface area contributed by atoms with Gasteiger partial charge in [-0.05, 0) is 125 Å². The van der Waals surface area contributed by atoms with Crippen LogP contribution in [-0.4, -0.2) is 72.4 Å². The van der Waals surface area contributed by atoms with E-state index in [9.17, 15) is 15.3 Å². The van der Waals surface area contributed by atoms with Gasteiger partial charge in [0.05, 0.1) is 18.3 Å². The fourth-order valence-electron chi connectivity index (χ4n) is 13.4. The van der Waals surface area contributed by atoms with Crippen molar-refractivity contribution in [1.82, 2.24) is 16.0 Å². The molecule has 1 saturated heterocycles. The van der Waals surface area contributed by atoms with E-state index >= 15 is 0 Å². The minimum Gasteiger partial charge on any atom is -0.395 e. The van der Waals surface area contributed by atoms with Crippen molar-refractivity contribution in [2.75, 3.05) is 27.2 Å². The molecule has 7 aliphatic rings. The van der Waals surface area contributed by atoms with Crippen LogP contribution in [0.5, 0.6) is 0 Å². The highest BCUT2D eigenvalue weighted by molar-refractivity contribution is 5.33. The van der Waals surface area contributed by atoms with Crippen LogP contribution in [0.2, 0.25) is 0 Å². The van der Waals surface area contributed by atoms with Gasteiger partial charge in [-0.2, -0.15) is 0 Å². The monoisotopic (exact) mass is 569 g/mol. The summed E-state index contributed by atoms with van der Waals surface area (Å²) in [7, 11) is 4.04. The maximum absolute atomic E-state index is 12.8. The Morgan fingerprint density at radius 3 is 2.66 bits per heavy atom. The lowest BCUT2D eigenvalue weighted by Crippen LogP contribution is -2.76. The minimum atomic E-state index is -0.627. The molecule has 232 valence electrons. The van der Waals surface area contributed by atoms with Gasteiger partial charge in [0.2, 0.25) is 0 Å². The number of hydrogen-bond acceptors (Lipinski definition) is 6. The molecule has 1 heterocycles. The van der Waals surface area contributed by atoms with Crippen LogP contribution >= 0.6 is 0 Å². The molecule has 6 N–H and O–H groups in total. The molecule has 0 aromatic rings. The molecule has 6 fully saturated rings. The van der Waals surface area contributed by atoms with Crippen molar-refractivity contribution < 1.29 is 15.3 Å². The highest BCUT2D eigenvalue weighted by Crippen LogP contribution is 2.83. The van der Waals surface area contributed by atoms with E-state index in [1.54, 1.807) is 0 Å². The normalized spacial score (nSPS) is 54.3. The van der Waals surface area contributed by atoms with E-state index in [1.165, 1.54) is 38.5 Å². The van der Waals surface area contributed by atoms with Crippen molar-refractivity contribution in [1.29, 1.82) is 0 Å². The highest BCUT2D eigenvalue weighted by atomic mass is 16.3. The number of piperidine rings is 1. The van der Waals surface area contributed by atoms with Gasteiger partial charge in [0.1, 0.15) is 0 Å². The van der Waals surface area contributed by atoms with Gasteiger partial charge in [-0.15, -0.1) is 0 Å². The largest absolute Gasteiger partial charge is 0.395 e. The predicted octanol–water partition coefficient (Wildman–Crippen LogP) is 3.85. The van der Waals surface area contributed by atoms with E-state index in [0.717, 1.165) is 45.1 Å². The highest BCUT2D eigenvalue weighted by Gasteiger charge is 2.82. The van der Waals surface area contributed by atoms with Crippen LogP contribution in [0.3, 0.4) is 0 Å². The number of nitrogens with one attached hydrogen (secondary N) is 3. The molecule has 0 amide bonds. The van der Waals surface area contributed by atoms with Crippen LogP contribution in [0.4, 0.5) is 0 Å². The Hall–Kier alpha value is -0.500. The number of aliphatic hydroxyl groups excluding tert-OH is 2. The molecular formula is C35H59N3O3. The van der Waals surface area contributed by atoms with Crippen LogP contribution in [0.25, 0.3) is 0 Å². The van der Waals surface area contributed by atoms with Gasteiger partial charge < -0.3 is 31.3 Å². The van der Waals surface area contributed by atoms with Gasteiger partial charge in [0.25, 0.3) is 0 Å². The molecule has 1 aliphatic heterocycles. The standard InChI is InChI=1S/C35H59N3O3/c1-21(28(19-39)37-4)6-5-7-22-12-27-30-24(9-10-25(38-30)18-36-3)16-35-29(17-33(27,35)14-22)34(41)15-23-8-11-26(31(35)40)32(2,13-23)20-34/h8,11,21-31,36-41H,5-7,9-10,12-20H2,1-4H3/t21-,22-,23-,24+,25-,26-,27-,28-,29-,30+,31-,32+,33+,34+,35-/m0/s1. The minimum absolute atomic E-state index is 0.0128. The van der Waals surface area contributed by atoms with Crippen molar-refractivity contribution in [3.8, 4) is 0 Å². The maximum atomic E-state index is 12.8. The second kappa shape index (κ2) is 10.3. The molecule has 6 heteroatoms. The van der Waals surface area contributed by atoms with E-state index in [1.807, 2.05) is 7.05 Å². The molecule has 15 atom stereocenters. The summed E-state index contributed by atoms with van der Waals surface area (Å²) in [5, 5.41) is 46.1. The lowest BCUT2D eigenvalue weighted by Gasteiger charge is -2.75. The average molecular weight is 570 g/mol. The zero-order valence-corrected chi connectivity index (χ0v) is 26.2. The van der Waals surface area contributed by atoms with Crippen LogP contribution in [0.1, 0.15) is 90.9 Å². The summed E-state index contributed by atoms with van der Waals surface area (Å²) < 4.78 is 0. The summed E-state index contributed by atoms with van der Waals surface area (Å²) in [4.78, 5) is 0. The summed E-state index contributed by atoms with van der Waals surface area (Å²) in [6.07, 6.45) is 18.2. The third-order valence-electron chi connectivity index (χ3n) is 14.9. The molecule has 3 bridgehead atoms. The number of hydrogen-bond donors (Lipinski definition) is 6. The Kier molecular flexibility index (Phi) is 7.32. The second-order valence-corrected chi connectivity index (χ2v) is 16.8. The summed E-state index contributed by atoms with van der Waals surface area (Å²) in [5.41, 5.74) is -0.610. The number of fused-ring (bicyclic) bond motifs is 5. The van der Waals surface area contributed by atoms with Gasteiger partial charge in [-0.3, -0.25) is 0 Å². The third-order valence-corrected chi connectivity index (χ3v) is 14.9. The molecule has 0 radical (unpaired) electrons. The molecule has 41 heavy (non-hydrogen) atoms. The zero-order chi connectivity index (χ0) is 28.8. The summed E-state index contributed by atoms with van der Waals surface area (Å²) in [6.45, 7) is 5.91. The van der Waals surface area contributed by atoms with Gasteiger partial charge in [-0.1, -0.05) is 38.8 Å². The Bertz CT molecular complexity index is 1020. The topological polar surface area (TPSA) is 96.8 Å². The van der Waals surface area contributed by atoms with Gasteiger partial charge in [-0.25, -0.2) is 0 Å². The van der Waals surface area contributed by atoms with Crippen LogP contribution in [0.15, 0.2) is 12.2 Å². The molecule has 2 spiro atoms. The first-order valence-electron chi connectivity index (χ1n) is 17.4. The fourth-order valence-corrected chi connectivity index (χ4v) is 13.4. The Morgan fingerprint density at radius 2 is 1.90 bits per heavy atom. The molecule has 7 rings (SSSR count). The second-order valence-electron chi connectivity index (χ2n) is 16.8. The molecule has 5 saturated carbocycles. The molecule has 0 aromatic heterocycles. The zero-order valence-electron chi connectivity index (χ0n) is 26.2. The smallest absolute Gasteiger partial charge is 0.0693 e. The van der Waals surface area contributed by atoms with Gasteiger partial charge >= 0.3 is 0 Å². The summed E-state index contributed by atoms with van der Waals surface area (Å²) in [5.74, 6) is 3.27. The SMILES string of the molecule is CNC[C@@H]1CC[C@@H]2C[C@@]34[C@@H](O)[C@@H]5C=C[C@H]6C[C@]5(C)C[C@](O)(C6)[C@@H]3C[C@@]43C[C@@H](CCC[C@H](C)[C@H](CO)NC)C[C@H]3[C@@H]2N1. The van der Waals surface area contributed by atoms with Crippen LogP contribution < -0.4 is 16.0 Å². The average Bonchev–Trinajstić information content (AvgIpc) is 3.31. The van der Waals surface area contributed by atoms with E-state index in [0.29, 0.717) is 41.7 Å². The number of rotatable bonds is 9. The van der Waals surface area contributed by atoms with E-state index < -0.39 is 5.60 Å². The fraction of sp³-hybridized carbons (Fsp3) is 0.943. The molecule has 0 unspecified atom stereocenters. The lowest BCUT2D eigenvalue weighted by molar-refractivity contribution is -0.308. The quantitative estimate of drug-likeness (QED) is 0.236. The first-order valence-corrected chi connectivity index (χ1v) is 17.4. The van der Waals surface area contributed by atoms with Crippen molar-refractivity contribution in [2.45, 2.75) is 121 Å². The molecular weight excluding hydrogens is 510 g/mol. The number of likely N-dealkylation sites (N-methyl/N-ethyl adjacent to an activating group) is 2. The van der Waals surface area contributed by atoms with Crippen molar-refractivity contribution in [2.24, 2.45) is 57.7 Å². The van der Waals surface area contributed by atoms with Crippen molar-refractivity contribution >= 4 is 0 Å². The van der Waals surface area contributed by atoms with Gasteiger partial charge in [0, 0.05) is 36.0 Å². The summed E-state index contributed by atoms with van der Waals surface area (Å²) >= 11 is 0. The molecule has 0 aromatic carbocycles. The van der Waals surface area contributed by atoms with Gasteiger partial charge in [0.15, 0.2) is 0 Å². The number of aliphatic hydroxyl groups is 3. The van der Waals surface area contributed by atoms with E-state index in [4.69, 9.17) is 0 Å².